The molecule has 8 atom stereocenters. The largest absolute Gasteiger partial charge is 0.393 e. The van der Waals surface area contributed by atoms with Crippen molar-refractivity contribution in [3.05, 3.63) is 0 Å². The zero-order valence-corrected chi connectivity index (χ0v) is 15.6. The molecule has 0 saturated heterocycles. The molecule has 4 nitrogen and oxygen atoms in total. The van der Waals surface area contributed by atoms with E-state index in [4.69, 9.17) is 0 Å². The van der Waals surface area contributed by atoms with Crippen molar-refractivity contribution in [3.63, 3.8) is 0 Å². The van der Waals surface area contributed by atoms with Gasteiger partial charge < -0.3 is 5.11 Å². The van der Waals surface area contributed by atoms with Crippen molar-refractivity contribution in [2.24, 2.45) is 40.4 Å². The standard InChI is InChI=1S/C21H30O4/c1-11(22)13-7-8-14-19-15(10-18(25)21(13,14)3)20(2)12(9-16(19)23)5-4-6-17(20)24/h12-15,18-19,25H,4-10H2,1-3H3/t12-,13+,14-,15-,18+,19+,20+,21+/m1/s1. The van der Waals surface area contributed by atoms with Crippen molar-refractivity contribution < 1.29 is 19.5 Å². The van der Waals surface area contributed by atoms with E-state index >= 15 is 0 Å². The lowest BCUT2D eigenvalue weighted by molar-refractivity contribution is -0.180. The van der Waals surface area contributed by atoms with Gasteiger partial charge in [0.2, 0.25) is 0 Å². The van der Waals surface area contributed by atoms with Crippen molar-refractivity contribution >= 4 is 17.3 Å². The number of carbonyl (C=O) groups is 3. The predicted molar refractivity (Wildman–Crippen MR) is 92.7 cm³/mol. The summed E-state index contributed by atoms with van der Waals surface area (Å²) >= 11 is 0. The first-order chi connectivity index (χ1) is 11.7. The molecule has 0 bridgehead atoms. The molecule has 0 spiro atoms. The second-order valence-electron chi connectivity index (χ2n) is 9.56. The summed E-state index contributed by atoms with van der Waals surface area (Å²) in [6, 6.07) is 0. The molecule has 0 aliphatic heterocycles. The molecule has 0 unspecified atom stereocenters. The quantitative estimate of drug-likeness (QED) is 0.792. The molecule has 4 fully saturated rings. The van der Waals surface area contributed by atoms with Crippen LogP contribution in [0.25, 0.3) is 0 Å². The third kappa shape index (κ3) is 2.06. The Morgan fingerprint density at radius 1 is 1.12 bits per heavy atom. The molecule has 0 amide bonds. The van der Waals surface area contributed by atoms with Crippen LogP contribution in [0.15, 0.2) is 0 Å². The average molecular weight is 346 g/mol. The molecule has 0 radical (unpaired) electrons. The number of fused-ring (bicyclic) bond motifs is 5. The van der Waals surface area contributed by atoms with Crippen LogP contribution in [-0.2, 0) is 14.4 Å². The summed E-state index contributed by atoms with van der Waals surface area (Å²) in [4.78, 5) is 38.2. The third-order valence-electron chi connectivity index (χ3n) is 8.86. The lowest BCUT2D eigenvalue weighted by Gasteiger charge is -2.59. The van der Waals surface area contributed by atoms with Crippen LogP contribution < -0.4 is 0 Å². The zero-order valence-electron chi connectivity index (χ0n) is 15.6. The fourth-order valence-electron chi connectivity index (χ4n) is 7.41. The number of rotatable bonds is 1. The van der Waals surface area contributed by atoms with E-state index in [1.165, 1.54) is 0 Å². The highest BCUT2D eigenvalue weighted by molar-refractivity contribution is 5.92. The second kappa shape index (κ2) is 5.48. The van der Waals surface area contributed by atoms with E-state index in [0.717, 1.165) is 25.7 Å². The Hall–Kier alpha value is -1.03. The number of aliphatic hydroxyl groups is 1. The molecule has 25 heavy (non-hydrogen) atoms. The Bertz CT molecular complexity index is 640. The minimum Gasteiger partial charge on any atom is -0.393 e. The Labute approximate surface area is 149 Å². The topological polar surface area (TPSA) is 71.4 Å². The fourth-order valence-corrected chi connectivity index (χ4v) is 7.41. The molecule has 4 saturated carbocycles. The first-order valence-corrected chi connectivity index (χ1v) is 9.96. The molecule has 0 aromatic heterocycles. The fraction of sp³-hybridized carbons (Fsp3) is 0.857. The highest BCUT2D eigenvalue weighted by Crippen LogP contribution is 2.66. The first kappa shape index (κ1) is 17.4. The molecule has 0 heterocycles. The summed E-state index contributed by atoms with van der Waals surface area (Å²) in [6.45, 7) is 5.69. The number of carbonyl (C=O) groups excluding carboxylic acids is 3. The minimum absolute atomic E-state index is 0.0372. The summed E-state index contributed by atoms with van der Waals surface area (Å²) in [5, 5.41) is 11.1. The molecular weight excluding hydrogens is 316 g/mol. The average Bonchev–Trinajstić information content (AvgIpc) is 2.90. The number of hydrogen-bond donors (Lipinski definition) is 1. The van der Waals surface area contributed by atoms with E-state index in [2.05, 4.69) is 6.92 Å². The smallest absolute Gasteiger partial charge is 0.139 e. The van der Waals surface area contributed by atoms with Crippen LogP contribution in [0.2, 0.25) is 0 Å². The molecular formula is C21H30O4. The normalized spacial score (nSPS) is 52.3. The summed E-state index contributed by atoms with van der Waals surface area (Å²) in [5.41, 5.74) is -0.975. The predicted octanol–water partition coefficient (Wildman–Crippen LogP) is 2.95. The number of Topliss-reactive ketones (excluding diaryl/α,β-unsaturated/α-hetero) is 3. The van der Waals surface area contributed by atoms with Gasteiger partial charge in [-0.15, -0.1) is 0 Å². The van der Waals surface area contributed by atoms with E-state index in [9.17, 15) is 19.5 Å². The molecule has 0 aromatic carbocycles. The highest BCUT2D eigenvalue weighted by atomic mass is 16.3. The number of hydrogen-bond acceptors (Lipinski definition) is 4. The van der Waals surface area contributed by atoms with Gasteiger partial charge in [0.1, 0.15) is 17.3 Å². The van der Waals surface area contributed by atoms with Gasteiger partial charge in [0, 0.05) is 35.5 Å². The van der Waals surface area contributed by atoms with Crippen LogP contribution in [0.4, 0.5) is 0 Å². The molecule has 138 valence electrons. The van der Waals surface area contributed by atoms with Gasteiger partial charge in [-0.1, -0.05) is 13.8 Å². The van der Waals surface area contributed by atoms with Crippen LogP contribution in [0.3, 0.4) is 0 Å². The maximum absolute atomic E-state index is 13.1. The molecule has 4 heteroatoms. The number of ketones is 3. The van der Waals surface area contributed by atoms with Crippen molar-refractivity contribution in [1.82, 2.24) is 0 Å². The van der Waals surface area contributed by atoms with E-state index < -0.39 is 16.9 Å². The SMILES string of the molecule is CC(=O)[C@@H]1CC[C@@H]2[C@@H]3C(=O)C[C@H]4CCCC(=O)[C@]4(C)[C@@H]3C[C@H](O)[C@]21C. The van der Waals surface area contributed by atoms with Crippen LogP contribution in [-0.4, -0.2) is 28.6 Å². The van der Waals surface area contributed by atoms with Crippen LogP contribution >= 0.6 is 0 Å². The molecule has 4 rings (SSSR count). The van der Waals surface area contributed by atoms with Crippen molar-refractivity contribution in [2.75, 3.05) is 0 Å². The van der Waals surface area contributed by atoms with Crippen molar-refractivity contribution in [3.8, 4) is 0 Å². The van der Waals surface area contributed by atoms with Gasteiger partial charge in [-0.05, 0) is 56.8 Å². The third-order valence-corrected chi connectivity index (χ3v) is 8.86. The highest BCUT2D eigenvalue weighted by Gasteiger charge is 2.67. The lowest BCUT2D eigenvalue weighted by Crippen LogP contribution is -2.62. The maximum Gasteiger partial charge on any atom is 0.139 e. The minimum atomic E-state index is -0.603. The van der Waals surface area contributed by atoms with Crippen LogP contribution in [0, 0.1) is 40.4 Å². The maximum atomic E-state index is 13.1. The Morgan fingerprint density at radius 3 is 2.52 bits per heavy atom. The van der Waals surface area contributed by atoms with Crippen molar-refractivity contribution in [2.45, 2.75) is 71.8 Å². The zero-order chi connectivity index (χ0) is 18.1. The van der Waals surface area contributed by atoms with Crippen molar-refractivity contribution in [1.29, 1.82) is 0 Å². The second-order valence-corrected chi connectivity index (χ2v) is 9.56. The van der Waals surface area contributed by atoms with Gasteiger partial charge in [-0.2, -0.15) is 0 Å². The molecule has 0 aromatic rings. The molecule has 4 aliphatic carbocycles. The Balaban J connectivity index is 1.78. The van der Waals surface area contributed by atoms with E-state index in [-0.39, 0.29) is 41.2 Å². The first-order valence-electron chi connectivity index (χ1n) is 9.96. The van der Waals surface area contributed by atoms with Crippen LogP contribution in [0.1, 0.15) is 65.7 Å². The van der Waals surface area contributed by atoms with E-state index in [0.29, 0.717) is 25.0 Å². The van der Waals surface area contributed by atoms with E-state index in [1.807, 2.05) is 6.92 Å². The molecule has 4 aliphatic rings. The lowest BCUT2D eigenvalue weighted by atomic mass is 9.43. The summed E-state index contributed by atoms with van der Waals surface area (Å²) < 4.78 is 0. The van der Waals surface area contributed by atoms with Gasteiger partial charge in [0.05, 0.1) is 6.10 Å². The van der Waals surface area contributed by atoms with E-state index in [1.54, 1.807) is 6.92 Å². The van der Waals surface area contributed by atoms with Gasteiger partial charge in [0.25, 0.3) is 0 Å². The number of aliphatic hydroxyl groups excluding tert-OH is 1. The molecule has 1 N–H and O–H groups in total. The van der Waals surface area contributed by atoms with Crippen LogP contribution in [0.5, 0.6) is 0 Å². The van der Waals surface area contributed by atoms with Gasteiger partial charge in [-0.3, -0.25) is 14.4 Å². The summed E-state index contributed by atoms with van der Waals surface area (Å²) in [6.07, 6.45) is 4.43. The Kier molecular flexibility index (Phi) is 3.81. The summed E-state index contributed by atoms with van der Waals surface area (Å²) in [5.74, 6) is 0.528. The summed E-state index contributed by atoms with van der Waals surface area (Å²) in [7, 11) is 0. The van der Waals surface area contributed by atoms with Gasteiger partial charge in [-0.25, -0.2) is 0 Å². The van der Waals surface area contributed by atoms with Gasteiger partial charge >= 0.3 is 0 Å². The monoisotopic (exact) mass is 346 g/mol. The van der Waals surface area contributed by atoms with Gasteiger partial charge in [0.15, 0.2) is 0 Å². The Morgan fingerprint density at radius 2 is 1.84 bits per heavy atom.